The van der Waals surface area contributed by atoms with Crippen molar-refractivity contribution in [2.75, 3.05) is 12.5 Å². The predicted molar refractivity (Wildman–Crippen MR) is 54.3 cm³/mol. The molecule has 80 valence electrons. The first-order valence-electron chi connectivity index (χ1n) is 4.07. The number of hydrogen-bond acceptors (Lipinski definition) is 5. The summed E-state index contributed by atoms with van der Waals surface area (Å²) in [5.41, 5.74) is 2.45. The van der Waals surface area contributed by atoms with Crippen molar-refractivity contribution < 1.29 is 9.72 Å². The van der Waals surface area contributed by atoms with Crippen LogP contribution in [0.25, 0.3) is 0 Å². The van der Waals surface area contributed by atoms with E-state index in [0.29, 0.717) is 5.69 Å². The SMILES string of the molecule is CNC(=O)c1cc(NN)ccc1[N+](=O)[O-]. The maximum atomic E-state index is 11.3. The van der Waals surface area contributed by atoms with Crippen LogP contribution in [0, 0.1) is 10.1 Å². The van der Waals surface area contributed by atoms with Gasteiger partial charge in [-0.05, 0) is 12.1 Å². The van der Waals surface area contributed by atoms with E-state index in [2.05, 4.69) is 10.7 Å². The van der Waals surface area contributed by atoms with Gasteiger partial charge in [0.25, 0.3) is 11.6 Å². The van der Waals surface area contributed by atoms with Crippen molar-refractivity contribution in [3.05, 3.63) is 33.9 Å². The van der Waals surface area contributed by atoms with Crippen LogP contribution in [0.4, 0.5) is 11.4 Å². The summed E-state index contributed by atoms with van der Waals surface area (Å²) in [4.78, 5) is 21.3. The monoisotopic (exact) mass is 210 g/mol. The summed E-state index contributed by atoms with van der Waals surface area (Å²) in [7, 11) is 1.40. The van der Waals surface area contributed by atoms with E-state index < -0.39 is 10.8 Å². The number of rotatable bonds is 3. The van der Waals surface area contributed by atoms with Crippen LogP contribution in [0.5, 0.6) is 0 Å². The molecular formula is C8H10N4O3. The Morgan fingerprint density at radius 1 is 1.53 bits per heavy atom. The van der Waals surface area contributed by atoms with E-state index in [1.165, 1.54) is 25.2 Å². The Balaban J connectivity index is 3.28. The van der Waals surface area contributed by atoms with Crippen LogP contribution in [0.1, 0.15) is 10.4 Å². The van der Waals surface area contributed by atoms with Gasteiger partial charge in [-0.15, -0.1) is 0 Å². The van der Waals surface area contributed by atoms with Crippen molar-refractivity contribution in [3.63, 3.8) is 0 Å². The molecular weight excluding hydrogens is 200 g/mol. The van der Waals surface area contributed by atoms with Gasteiger partial charge in [-0.3, -0.25) is 20.8 Å². The second-order valence-electron chi connectivity index (χ2n) is 2.71. The lowest BCUT2D eigenvalue weighted by Crippen LogP contribution is -2.19. The number of nitro groups is 1. The minimum Gasteiger partial charge on any atom is -0.355 e. The molecule has 0 aliphatic rings. The molecule has 7 nitrogen and oxygen atoms in total. The molecule has 0 spiro atoms. The molecule has 0 atom stereocenters. The number of nitrogens with one attached hydrogen (secondary N) is 2. The molecule has 0 unspecified atom stereocenters. The van der Waals surface area contributed by atoms with E-state index >= 15 is 0 Å². The lowest BCUT2D eigenvalue weighted by Gasteiger charge is -2.04. The van der Waals surface area contributed by atoms with Crippen LogP contribution in [-0.4, -0.2) is 17.9 Å². The smallest absolute Gasteiger partial charge is 0.282 e. The molecule has 0 heterocycles. The molecule has 0 saturated heterocycles. The van der Waals surface area contributed by atoms with Crippen LogP contribution >= 0.6 is 0 Å². The van der Waals surface area contributed by atoms with Crippen LogP contribution in [0.15, 0.2) is 18.2 Å². The number of benzene rings is 1. The van der Waals surface area contributed by atoms with Gasteiger partial charge in [0.1, 0.15) is 5.56 Å². The molecule has 0 aliphatic carbocycles. The Morgan fingerprint density at radius 2 is 2.20 bits per heavy atom. The zero-order chi connectivity index (χ0) is 11.4. The number of nitro benzene ring substituents is 1. The Morgan fingerprint density at radius 3 is 2.67 bits per heavy atom. The van der Waals surface area contributed by atoms with Gasteiger partial charge >= 0.3 is 0 Å². The van der Waals surface area contributed by atoms with Gasteiger partial charge in [0.05, 0.1) is 4.92 Å². The third-order valence-electron chi connectivity index (χ3n) is 1.83. The molecule has 4 N–H and O–H groups in total. The lowest BCUT2D eigenvalue weighted by molar-refractivity contribution is -0.385. The molecule has 0 saturated carbocycles. The Bertz CT molecular complexity index is 405. The number of nitrogen functional groups attached to an aromatic ring is 1. The first-order valence-corrected chi connectivity index (χ1v) is 4.07. The molecule has 1 aromatic rings. The van der Waals surface area contributed by atoms with E-state index in [1.807, 2.05) is 0 Å². The molecule has 0 bridgehead atoms. The molecule has 0 aliphatic heterocycles. The van der Waals surface area contributed by atoms with E-state index in [0.717, 1.165) is 0 Å². The van der Waals surface area contributed by atoms with Crippen molar-refractivity contribution >= 4 is 17.3 Å². The van der Waals surface area contributed by atoms with Crippen LogP contribution < -0.4 is 16.6 Å². The highest BCUT2D eigenvalue weighted by atomic mass is 16.6. The normalized spacial score (nSPS) is 9.47. The molecule has 1 rings (SSSR count). The fourth-order valence-electron chi connectivity index (χ4n) is 1.10. The van der Waals surface area contributed by atoms with Gasteiger partial charge in [0, 0.05) is 18.8 Å². The first-order chi connectivity index (χ1) is 7.10. The second kappa shape index (κ2) is 4.38. The fourth-order valence-corrected chi connectivity index (χ4v) is 1.10. The summed E-state index contributed by atoms with van der Waals surface area (Å²) in [6.07, 6.45) is 0. The molecule has 0 fully saturated rings. The molecule has 7 heteroatoms. The molecule has 0 aromatic heterocycles. The summed E-state index contributed by atoms with van der Waals surface area (Å²) < 4.78 is 0. The zero-order valence-corrected chi connectivity index (χ0v) is 7.98. The van der Waals surface area contributed by atoms with Crippen LogP contribution in [0.3, 0.4) is 0 Å². The number of carbonyl (C=O) groups excluding carboxylic acids is 1. The van der Waals surface area contributed by atoms with E-state index in [1.54, 1.807) is 0 Å². The van der Waals surface area contributed by atoms with Crippen molar-refractivity contribution in [2.45, 2.75) is 0 Å². The van der Waals surface area contributed by atoms with E-state index in [9.17, 15) is 14.9 Å². The molecule has 1 aromatic carbocycles. The Hall–Kier alpha value is -2.15. The number of hydrogen-bond donors (Lipinski definition) is 3. The van der Waals surface area contributed by atoms with Gasteiger partial charge < -0.3 is 10.7 Å². The summed E-state index contributed by atoms with van der Waals surface area (Å²) in [6.45, 7) is 0. The lowest BCUT2D eigenvalue weighted by atomic mass is 10.1. The summed E-state index contributed by atoms with van der Waals surface area (Å²) in [6, 6.07) is 3.96. The number of nitrogens with zero attached hydrogens (tertiary/aromatic N) is 1. The minimum absolute atomic E-state index is 0.0297. The average molecular weight is 210 g/mol. The first kappa shape index (κ1) is 10.9. The summed E-state index contributed by atoms with van der Waals surface area (Å²) in [5.74, 6) is 4.61. The van der Waals surface area contributed by atoms with Crippen molar-refractivity contribution in [1.82, 2.24) is 5.32 Å². The largest absolute Gasteiger partial charge is 0.355 e. The van der Waals surface area contributed by atoms with Gasteiger partial charge in [0.2, 0.25) is 0 Å². The quantitative estimate of drug-likeness (QED) is 0.376. The van der Waals surface area contributed by atoms with E-state index in [-0.39, 0.29) is 11.3 Å². The average Bonchev–Trinajstić information content (AvgIpc) is 2.26. The Kier molecular flexibility index (Phi) is 3.19. The highest BCUT2D eigenvalue weighted by Gasteiger charge is 2.19. The highest BCUT2D eigenvalue weighted by molar-refractivity contribution is 5.98. The molecule has 1 amide bonds. The molecule has 15 heavy (non-hydrogen) atoms. The topological polar surface area (TPSA) is 110 Å². The van der Waals surface area contributed by atoms with Gasteiger partial charge in [0.15, 0.2) is 0 Å². The maximum absolute atomic E-state index is 11.3. The van der Waals surface area contributed by atoms with Crippen LogP contribution in [0.2, 0.25) is 0 Å². The highest BCUT2D eigenvalue weighted by Crippen LogP contribution is 2.21. The number of amides is 1. The van der Waals surface area contributed by atoms with Crippen molar-refractivity contribution in [2.24, 2.45) is 5.84 Å². The number of anilines is 1. The third-order valence-corrected chi connectivity index (χ3v) is 1.83. The van der Waals surface area contributed by atoms with Gasteiger partial charge in [-0.1, -0.05) is 0 Å². The summed E-state index contributed by atoms with van der Waals surface area (Å²) >= 11 is 0. The standard InChI is InChI=1S/C8H10N4O3/c1-10-8(13)6-4-5(11-9)2-3-7(6)12(14)15/h2-4,11H,9H2,1H3,(H,10,13). The maximum Gasteiger partial charge on any atom is 0.282 e. The third kappa shape index (κ3) is 2.20. The second-order valence-corrected chi connectivity index (χ2v) is 2.71. The minimum atomic E-state index is -0.620. The Labute approximate surface area is 85.4 Å². The van der Waals surface area contributed by atoms with Gasteiger partial charge in [-0.2, -0.15) is 0 Å². The van der Waals surface area contributed by atoms with Gasteiger partial charge in [-0.25, -0.2) is 0 Å². The van der Waals surface area contributed by atoms with Crippen molar-refractivity contribution in [1.29, 1.82) is 0 Å². The number of carbonyl (C=O) groups is 1. The number of nitrogens with two attached hydrogens (primary N) is 1. The number of hydrazine groups is 1. The molecule has 0 radical (unpaired) electrons. The van der Waals surface area contributed by atoms with E-state index in [4.69, 9.17) is 5.84 Å². The fraction of sp³-hybridized carbons (Fsp3) is 0.125. The van der Waals surface area contributed by atoms with Crippen molar-refractivity contribution in [3.8, 4) is 0 Å². The zero-order valence-electron chi connectivity index (χ0n) is 7.98. The summed E-state index contributed by atoms with van der Waals surface area (Å²) in [5, 5.41) is 12.9. The predicted octanol–water partition coefficient (Wildman–Crippen LogP) is 0.240. The van der Waals surface area contributed by atoms with Crippen LogP contribution in [-0.2, 0) is 0 Å².